The molecule has 0 N–H and O–H groups in total. The minimum absolute atomic E-state index is 0.0568. The lowest BCUT2D eigenvalue weighted by Gasteiger charge is -2.29. The quantitative estimate of drug-likeness (QED) is 0.152. The Morgan fingerprint density at radius 1 is 0.472 bits per heavy atom. The highest BCUT2D eigenvalue weighted by Gasteiger charge is 2.32. The van der Waals surface area contributed by atoms with Crippen molar-refractivity contribution in [2.24, 2.45) is 0 Å². The molecule has 1 aliphatic rings. The van der Waals surface area contributed by atoms with Crippen molar-refractivity contribution in [1.82, 2.24) is 9.55 Å². The average molecular weight is 946 g/mol. The standard InChI is InChI=1S/C67H64N4O/c1-44-32-64(68-42-59(44)46-22-15-12-16-23-46)71-60-27-18-17-26-57(60)58-30-29-56(41-62(58)71)72-55-25-19-24-53(40-55)69-43-70(54-38-51(66(5,6)7)37-52(39-54)67(8,9)10)63-36-47(28-31-61(63)69)49-33-48(45-20-13-11-14-21-45)34-50(35-49)65(2,3)4/h11-42H,43H2,1-10H3/i12D,15D,16D,22D,23D. The number of hydrogen-bond acceptors (Lipinski definition) is 4. The van der Waals surface area contributed by atoms with Crippen molar-refractivity contribution < 1.29 is 11.6 Å². The average Bonchev–Trinajstić information content (AvgIpc) is 4.06. The molecular formula is C67H64N4O. The van der Waals surface area contributed by atoms with Crippen LogP contribution >= 0.6 is 0 Å². The van der Waals surface area contributed by atoms with E-state index in [9.17, 15) is 0 Å². The number of aromatic nitrogens is 2. The molecule has 3 heterocycles. The van der Waals surface area contributed by atoms with Gasteiger partial charge in [-0.05, 0) is 140 Å². The van der Waals surface area contributed by atoms with Crippen LogP contribution in [0.5, 0.6) is 11.5 Å². The van der Waals surface area contributed by atoms with Gasteiger partial charge in [0.05, 0.1) is 29.3 Å². The number of anilines is 4. The van der Waals surface area contributed by atoms with E-state index in [0.717, 1.165) is 55.7 Å². The maximum absolute atomic E-state index is 8.65. The van der Waals surface area contributed by atoms with E-state index in [-0.39, 0.29) is 46.0 Å². The summed E-state index contributed by atoms with van der Waals surface area (Å²) in [6.45, 7) is 23.1. The first kappa shape index (κ1) is 40.8. The molecule has 0 saturated carbocycles. The molecule has 358 valence electrons. The molecule has 0 radical (unpaired) electrons. The van der Waals surface area contributed by atoms with Gasteiger partial charge in [0.1, 0.15) is 24.0 Å². The van der Waals surface area contributed by atoms with E-state index in [1.54, 1.807) is 6.20 Å². The number of benzene rings is 8. The number of nitrogens with zero attached hydrogens (tertiary/aromatic N) is 4. The third kappa shape index (κ3) is 8.83. The number of rotatable bonds is 8. The molecule has 0 unspecified atom stereocenters. The van der Waals surface area contributed by atoms with E-state index in [0.29, 0.717) is 29.5 Å². The Hall–Kier alpha value is -7.89. The van der Waals surface area contributed by atoms with Crippen LogP contribution in [0.1, 0.15) is 91.4 Å². The van der Waals surface area contributed by atoms with Crippen molar-refractivity contribution >= 4 is 44.6 Å². The number of aryl methyl sites for hydroxylation is 1. The first-order valence-electron chi connectivity index (χ1n) is 27.5. The molecule has 2 aromatic heterocycles. The predicted octanol–water partition coefficient (Wildman–Crippen LogP) is 18.4. The second-order valence-corrected chi connectivity index (χ2v) is 22.4. The van der Waals surface area contributed by atoms with Gasteiger partial charge in [-0.3, -0.25) is 4.57 Å². The van der Waals surface area contributed by atoms with Gasteiger partial charge in [0, 0.05) is 46.0 Å². The molecule has 5 nitrogen and oxygen atoms in total. The monoisotopic (exact) mass is 946 g/mol. The van der Waals surface area contributed by atoms with Crippen molar-refractivity contribution in [2.45, 2.75) is 85.5 Å². The summed E-state index contributed by atoms with van der Waals surface area (Å²) < 4.78 is 50.9. The Morgan fingerprint density at radius 3 is 1.82 bits per heavy atom. The van der Waals surface area contributed by atoms with Crippen molar-refractivity contribution in [3.63, 3.8) is 0 Å². The van der Waals surface area contributed by atoms with Crippen LogP contribution in [0.3, 0.4) is 0 Å². The number of fused-ring (bicyclic) bond motifs is 4. The number of pyridine rings is 1. The SMILES string of the molecule is [2H]c1c([2H])c([2H])c(-c2cnc(-n3c4ccccc4c4ccc(Oc5cccc(N6CN(c7cc(C(C)(C)C)cc(C(C)(C)C)c7)c7cc(-c8cc(-c9ccccc9)cc(C(C)(C)C)c8)ccc76)c5)cc43)cc2C)c([2H])c1[2H]. The summed E-state index contributed by atoms with van der Waals surface area (Å²) in [5.41, 5.74) is 16.0. The molecule has 0 aliphatic carbocycles. The van der Waals surface area contributed by atoms with Gasteiger partial charge in [-0.2, -0.15) is 0 Å². The first-order chi connectivity index (χ1) is 36.5. The molecule has 0 bridgehead atoms. The second kappa shape index (κ2) is 17.8. The zero-order chi connectivity index (χ0) is 54.5. The van der Waals surface area contributed by atoms with Gasteiger partial charge in [0.2, 0.25) is 0 Å². The van der Waals surface area contributed by atoms with Crippen molar-refractivity contribution in [3.05, 3.63) is 216 Å². The summed E-state index contributed by atoms with van der Waals surface area (Å²) in [4.78, 5) is 9.76. The molecule has 0 fully saturated rings. The zero-order valence-corrected chi connectivity index (χ0v) is 43.0. The molecule has 72 heavy (non-hydrogen) atoms. The summed E-state index contributed by atoms with van der Waals surface area (Å²) in [5, 5.41) is 2.07. The lowest BCUT2D eigenvalue weighted by atomic mass is 9.80. The highest BCUT2D eigenvalue weighted by molar-refractivity contribution is 6.09. The largest absolute Gasteiger partial charge is 0.457 e. The Bertz CT molecular complexity index is 3910. The summed E-state index contributed by atoms with van der Waals surface area (Å²) in [5.74, 6) is 1.97. The maximum atomic E-state index is 8.65. The van der Waals surface area contributed by atoms with Crippen molar-refractivity contribution in [1.29, 1.82) is 0 Å². The van der Waals surface area contributed by atoms with Gasteiger partial charge in [-0.15, -0.1) is 0 Å². The van der Waals surface area contributed by atoms with E-state index >= 15 is 0 Å². The fourth-order valence-corrected chi connectivity index (χ4v) is 9.96. The molecule has 0 saturated heterocycles. The van der Waals surface area contributed by atoms with Gasteiger partial charge in [0.15, 0.2) is 0 Å². The molecule has 10 aromatic rings. The Labute approximate surface area is 433 Å². The van der Waals surface area contributed by atoms with E-state index in [2.05, 4.69) is 198 Å². The fraction of sp³-hybridized carbons (Fsp3) is 0.209. The molecule has 11 rings (SSSR count). The van der Waals surface area contributed by atoms with Gasteiger partial charge >= 0.3 is 0 Å². The van der Waals surface area contributed by atoms with Crippen molar-refractivity contribution in [3.8, 4) is 50.7 Å². The van der Waals surface area contributed by atoms with Crippen LogP contribution < -0.4 is 14.5 Å². The van der Waals surface area contributed by atoms with E-state index in [1.807, 2.05) is 43.3 Å². The van der Waals surface area contributed by atoms with Gasteiger partial charge in [-0.25, -0.2) is 4.98 Å². The molecule has 8 aromatic carbocycles. The van der Waals surface area contributed by atoms with Crippen LogP contribution in [0, 0.1) is 6.92 Å². The highest BCUT2D eigenvalue weighted by Crippen LogP contribution is 2.49. The molecule has 0 spiro atoms. The third-order valence-corrected chi connectivity index (χ3v) is 14.1. The highest BCUT2D eigenvalue weighted by atomic mass is 16.5. The molecule has 0 atom stereocenters. The summed E-state index contributed by atoms with van der Waals surface area (Å²) in [6, 6.07) is 54.7. The van der Waals surface area contributed by atoms with E-state index in [4.69, 9.17) is 16.6 Å². The third-order valence-electron chi connectivity index (χ3n) is 14.1. The van der Waals surface area contributed by atoms with Crippen LogP contribution in [-0.4, -0.2) is 16.2 Å². The normalized spacial score (nSPS) is 14.0. The number of ether oxygens (including phenoxy) is 1. The van der Waals surface area contributed by atoms with Crippen LogP contribution in [-0.2, 0) is 16.2 Å². The van der Waals surface area contributed by atoms with Crippen LogP contribution in [0.15, 0.2) is 194 Å². The second-order valence-electron chi connectivity index (χ2n) is 22.4. The first-order valence-corrected chi connectivity index (χ1v) is 25.0. The van der Waals surface area contributed by atoms with E-state index in [1.165, 1.54) is 33.4 Å². The minimum Gasteiger partial charge on any atom is -0.457 e. The summed E-state index contributed by atoms with van der Waals surface area (Å²) >= 11 is 0. The predicted molar refractivity (Wildman–Crippen MR) is 304 cm³/mol. The molecule has 0 amide bonds. The molecule has 1 aliphatic heterocycles. The Morgan fingerprint density at radius 2 is 1.11 bits per heavy atom. The number of hydrogen-bond donors (Lipinski definition) is 0. The van der Waals surface area contributed by atoms with Crippen molar-refractivity contribution in [2.75, 3.05) is 16.5 Å². The van der Waals surface area contributed by atoms with Crippen LogP contribution in [0.4, 0.5) is 22.7 Å². The van der Waals surface area contributed by atoms with Gasteiger partial charge in [0.25, 0.3) is 0 Å². The Kier molecular flexibility index (Phi) is 10.1. The Balaban J connectivity index is 0.991. The molecular weight excluding hydrogens is 877 g/mol. The maximum Gasteiger partial charge on any atom is 0.137 e. The summed E-state index contributed by atoms with van der Waals surface area (Å²) in [6.07, 6.45) is 1.61. The summed E-state index contributed by atoms with van der Waals surface area (Å²) in [7, 11) is 0. The topological polar surface area (TPSA) is 33.5 Å². The molecule has 5 heteroatoms. The lowest BCUT2D eigenvalue weighted by Crippen LogP contribution is -2.25. The smallest absolute Gasteiger partial charge is 0.137 e. The van der Waals surface area contributed by atoms with Crippen LogP contribution in [0.2, 0.25) is 0 Å². The number of para-hydroxylation sites is 1. The van der Waals surface area contributed by atoms with E-state index < -0.39 is 6.04 Å². The fourth-order valence-electron chi connectivity index (χ4n) is 9.96. The minimum atomic E-state index is -0.424. The van der Waals surface area contributed by atoms with Gasteiger partial charge in [-0.1, -0.05) is 171 Å². The van der Waals surface area contributed by atoms with Gasteiger partial charge < -0.3 is 14.5 Å². The lowest BCUT2D eigenvalue weighted by molar-refractivity contribution is 0.483. The van der Waals surface area contributed by atoms with Crippen LogP contribution in [0.25, 0.3) is 61.0 Å². The zero-order valence-electron chi connectivity index (χ0n) is 48.0.